The van der Waals surface area contributed by atoms with E-state index >= 15 is 0 Å². The minimum absolute atomic E-state index is 0.159. The van der Waals surface area contributed by atoms with Gasteiger partial charge in [-0.25, -0.2) is 14.6 Å². The van der Waals surface area contributed by atoms with Crippen molar-refractivity contribution in [3.8, 4) is 0 Å². The van der Waals surface area contributed by atoms with E-state index in [0.29, 0.717) is 37.9 Å². The first-order valence-corrected chi connectivity index (χ1v) is 8.23. The van der Waals surface area contributed by atoms with E-state index in [4.69, 9.17) is 16.3 Å². The molecule has 1 aromatic heterocycles. The molecule has 1 aromatic rings. The monoisotopic (exact) mass is 354 g/mol. The van der Waals surface area contributed by atoms with Crippen molar-refractivity contribution in [2.75, 3.05) is 26.2 Å². The number of aromatic nitrogens is 1. The fourth-order valence-electron chi connectivity index (χ4n) is 2.22. The van der Waals surface area contributed by atoms with Gasteiger partial charge in [0.2, 0.25) is 0 Å². The van der Waals surface area contributed by atoms with Gasteiger partial charge in [0.25, 0.3) is 0 Å². The summed E-state index contributed by atoms with van der Waals surface area (Å²) in [7, 11) is 0. The Morgan fingerprint density at radius 2 is 1.83 bits per heavy atom. The third kappa shape index (κ3) is 5.56. The fraction of sp³-hybridized carbons (Fsp3) is 0.562. The lowest BCUT2D eigenvalue weighted by molar-refractivity contribution is 0.0170. The number of amides is 3. The van der Waals surface area contributed by atoms with Gasteiger partial charge >= 0.3 is 12.1 Å². The molecule has 3 amide bonds. The summed E-state index contributed by atoms with van der Waals surface area (Å²) in [6.07, 6.45) is 1.29. The Hall–Kier alpha value is -2.02. The van der Waals surface area contributed by atoms with Crippen LogP contribution in [0.1, 0.15) is 26.3 Å². The first-order valence-electron chi connectivity index (χ1n) is 7.86. The molecule has 132 valence electrons. The van der Waals surface area contributed by atoms with Gasteiger partial charge in [0.1, 0.15) is 10.8 Å². The highest BCUT2D eigenvalue weighted by Crippen LogP contribution is 2.12. The molecule has 0 saturated carbocycles. The molecule has 2 heterocycles. The number of nitrogens with zero attached hydrogens (tertiary/aromatic N) is 3. The van der Waals surface area contributed by atoms with Gasteiger partial charge in [0.05, 0.1) is 0 Å². The Balaban J connectivity index is 1.76. The number of rotatable bonds is 2. The molecule has 1 fully saturated rings. The molecule has 1 N–H and O–H groups in total. The van der Waals surface area contributed by atoms with Crippen LogP contribution in [0.3, 0.4) is 0 Å². The van der Waals surface area contributed by atoms with Crippen molar-refractivity contribution < 1.29 is 14.3 Å². The lowest BCUT2D eigenvalue weighted by atomic mass is 10.2. The van der Waals surface area contributed by atoms with Crippen LogP contribution in [0.15, 0.2) is 18.3 Å². The van der Waals surface area contributed by atoms with Crippen molar-refractivity contribution in [1.82, 2.24) is 20.1 Å². The molecule has 0 aromatic carbocycles. The average Bonchev–Trinajstić information content (AvgIpc) is 2.52. The zero-order valence-electron chi connectivity index (χ0n) is 14.2. The molecule has 24 heavy (non-hydrogen) atoms. The number of ether oxygens (including phenoxy) is 1. The number of hydrogen-bond acceptors (Lipinski definition) is 4. The average molecular weight is 355 g/mol. The highest BCUT2D eigenvalue weighted by atomic mass is 35.5. The van der Waals surface area contributed by atoms with Crippen LogP contribution in [0, 0.1) is 0 Å². The van der Waals surface area contributed by atoms with Crippen LogP contribution >= 0.6 is 11.6 Å². The standard InChI is InChI=1S/C16H23ClN4O3/c1-16(2,3)24-15(23)21-8-6-20(7-9-21)14(22)19-11-12-4-5-13(17)18-10-12/h4-5,10H,6-9,11H2,1-3H3,(H,19,22). The van der Waals surface area contributed by atoms with E-state index in [1.54, 1.807) is 22.1 Å². The summed E-state index contributed by atoms with van der Waals surface area (Å²) >= 11 is 5.73. The van der Waals surface area contributed by atoms with Crippen LogP contribution in [-0.2, 0) is 11.3 Å². The second-order valence-electron chi connectivity index (χ2n) is 6.60. The maximum atomic E-state index is 12.2. The lowest BCUT2D eigenvalue weighted by Crippen LogP contribution is -2.53. The van der Waals surface area contributed by atoms with Crippen LogP contribution in [0.25, 0.3) is 0 Å². The van der Waals surface area contributed by atoms with Gasteiger partial charge in [-0.05, 0) is 32.4 Å². The lowest BCUT2D eigenvalue weighted by Gasteiger charge is -2.35. The summed E-state index contributed by atoms with van der Waals surface area (Å²) in [5.74, 6) is 0. The molecule has 0 spiro atoms. The minimum Gasteiger partial charge on any atom is -0.444 e. The van der Waals surface area contributed by atoms with Gasteiger partial charge in [-0.3, -0.25) is 0 Å². The van der Waals surface area contributed by atoms with E-state index in [2.05, 4.69) is 10.3 Å². The predicted molar refractivity (Wildman–Crippen MR) is 90.9 cm³/mol. The van der Waals surface area contributed by atoms with Gasteiger partial charge < -0.3 is 19.9 Å². The largest absolute Gasteiger partial charge is 0.444 e. The molecule has 0 aliphatic carbocycles. The molecule has 1 aliphatic heterocycles. The summed E-state index contributed by atoms with van der Waals surface area (Å²) in [4.78, 5) is 31.5. The predicted octanol–water partition coefficient (Wildman–Crippen LogP) is 2.50. The second-order valence-corrected chi connectivity index (χ2v) is 6.99. The van der Waals surface area contributed by atoms with Gasteiger partial charge in [-0.15, -0.1) is 0 Å². The highest BCUT2D eigenvalue weighted by Gasteiger charge is 2.27. The Kier molecular flexibility index (Phi) is 5.88. The number of urea groups is 1. The number of carbonyl (C=O) groups is 2. The van der Waals surface area contributed by atoms with Crippen molar-refractivity contribution >= 4 is 23.7 Å². The Morgan fingerprint density at radius 1 is 1.21 bits per heavy atom. The molecule has 1 saturated heterocycles. The summed E-state index contributed by atoms with van der Waals surface area (Å²) in [5, 5.41) is 3.26. The smallest absolute Gasteiger partial charge is 0.410 e. The summed E-state index contributed by atoms with van der Waals surface area (Å²) < 4.78 is 5.34. The SMILES string of the molecule is CC(C)(C)OC(=O)N1CCN(C(=O)NCc2ccc(Cl)nc2)CC1. The number of piperazine rings is 1. The Labute approximate surface area is 146 Å². The third-order valence-electron chi connectivity index (χ3n) is 3.45. The van der Waals surface area contributed by atoms with Gasteiger partial charge in [-0.1, -0.05) is 17.7 Å². The van der Waals surface area contributed by atoms with E-state index in [0.717, 1.165) is 5.56 Å². The fourth-order valence-corrected chi connectivity index (χ4v) is 2.33. The maximum absolute atomic E-state index is 12.2. The first kappa shape index (κ1) is 18.3. The van der Waals surface area contributed by atoms with Crippen LogP contribution in [0.2, 0.25) is 5.15 Å². The summed E-state index contributed by atoms with van der Waals surface area (Å²) in [5.41, 5.74) is 0.359. The zero-order valence-corrected chi connectivity index (χ0v) is 15.0. The second kappa shape index (κ2) is 7.70. The van der Waals surface area contributed by atoms with E-state index in [9.17, 15) is 9.59 Å². The highest BCUT2D eigenvalue weighted by molar-refractivity contribution is 6.29. The van der Waals surface area contributed by atoms with Gasteiger partial charge in [0, 0.05) is 38.9 Å². The first-order chi connectivity index (χ1) is 11.2. The maximum Gasteiger partial charge on any atom is 0.410 e. The van der Waals surface area contributed by atoms with Crippen molar-refractivity contribution in [2.45, 2.75) is 32.9 Å². The molecule has 0 unspecified atom stereocenters. The van der Waals surface area contributed by atoms with Crippen LogP contribution in [0.5, 0.6) is 0 Å². The topological polar surface area (TPSA) is 74.8 Å². The zero-order chi connectivity index (χ0) is 17.7. The molecule has 0 radical (unpaired) electrons. The van der Waals surface area contributed by atoms with Gasteiger partial charge in [0.15, 0.2) is 0 Å². The third-order valence-corrected chi connectivity index (χ3v) is 3.67. The number of hydrogen-bond donors (Lipinski definition) is 1. The van der Waals surface area contributed by atoms with Crippen LogP contribution < -0.4 is 5.32 Å². The van der Waals surface area contributed by atoms with Crippen molar-refractivity contribution in [2.24, 2.45) is 0 Å². The Morgan fingerprint density at radius 3 is 2.38 bits per heavy atom. The quantitative estimate of drug-likeness (QED) is 0.828. The molecular formula is C16H23ClN4O3. The van der Waals surface area contributed by atoms with Crippen molar-refractivity contribution in [1.29, 1.82) is 0 Å². The molecule has 8 heteroatoms. The molecule has 0 bridgehead atoms. The molecule has 0 atom stereocenters. The minimum atomic E-state index is -0.516. The number of nitrogens with one attached hydrogen (secondary N) is 1. The number of carbonyl (C=O) groups excluding carboxylic acids is 2. The normalized spacial score (nSPS) is 15.2. The number of halogens is 1. The number of pyridine rings is 1. The summed E-state index contributed by atoms with van der Waals surface area (Å²) in [6, 6.07) is 3.34. The summed E-state index contributed by atoms with van der Waals surface area (Å²) in [6.45, 7) is 7.76. The van der Waals surface area contributed by atoms with Crippen molar-refractivity contribution in [3.63, 3.8) is 0 Å². The van der Waals surface area contributed by atoms with E-state index in [1.807, 2.05) is 26.8 Å². The van der Waals surface area contributed by atoms with E-state index in [1.165, 1.54) is 0 Å². The Bertz CT molecular complexity index is 578. The van der Waals surface area contributed by atoms with Crippen LogP contribution in [0.4, 0.5) is 9.59 Å². The molecular weight excluding hydrogens is 332 g/mol. The van der Waals surface area contributed by atoms with E-state index in [-0.39, 0.29) is 12.1 Å². The molecule has 2 rings (SSSR count). The van der Waals surface area contributed by atoms with Crippen LogP contribution in [-0.4, -0.2) is 58.7 Å². The van der Waals surface area contributed by atoms with E-state index < -0.39 is 5.60 Å². The van der Waals surface area contributed by atoms with Crippen molar-refractivity contribution in [3.05, 3.63) is 29.0 Å². The molecule has 1 aliphatic rings. The van der Waals surface area contributed by atoms with Gasteiger partial charge in [-0.2, -0.15) is 0 Å². The molecule has 7 nitrogen and oxygen atoms in total.